The predicted molar refractivity (Wildman–Crippen MR) is 139 cm³/mol. The Morgan fingerprint density at radius 3 is 2.88 bits per heavy atom. The van der Waals surface area contributed by atoms with E-state index in [1.54, 1.807) is 0 Å². The molecule has 166 valence electrons. The van der Waals surface area contributed by atoms with Gasteiger partial charge in [-0.05, 0) is 30.2 Å². The van der Waals surface area contributed by atoms with Gasteiger partial charge < -0.3 is 4.90 Å². The molecule has 0 fully saturated rings. The fourth-order valence-corrected chi connectivity index (χ4v) is 6.88. The second-order valence-electron chi connectivity index (χ2n) is 8.25. The quantitative estimate of drug-likeness (QED) is 0.444. The number of hydrogen-bond acceptors (Lipinski definition) is 6. The zero-order valence-corrected chi connectivity index (χ0v) is 21.5. The molecule has 2 aliphatic heterocycles. The summed E-state index contributed by atoms with van der Waals surface area (Å²) < 4.78 is 2.17. The van der Waals surface area contributed by atoms with Crippen molar-refractivity contribution in [2.24, 2.45) is 4.99 Å². The van der Waals surface area contributed by atoms with E-state index in [0.717, 1.165) is 63.2 Å². The number of aliphatic imine (C=N–C) groups is 1. The second kappa shape index (κ2) is 8.89. The molecule has 5 rings (SSSR count). The smallest absolute Gasteiger partial charge is 0.160 e. The van der Waals surface area contributed by atoms with E-state index in [-0.39, 0.29) is 0 Å². The van der Waals surface area contributed by atoms with Crippen molar-refractivity contribution in [3.63, 3.8) is 0 Å². The van der Waals surface area contributed by atoms with Gasteiger partial charge in [0, 0.05) is 33.3 Å². The van der Waals surface area contributed by atoms with Crippen molar-refractivity contribution in [1.82, 2.24) is 19.7 Å². The van der Waals surface area contributed by atoms with Crippen LogP contribution in [-0.2, 0) is 19.5 Å². The number of fused-ring (bicyclic) bond motifs is 5. The van der Waals surface area contributed by atoms with Crippen LogP contribution in [0.4, 0.5) is 0 Å². The number of halogens is 1. The Bertz CT molecular complexity index is 1230. The molecule has 0 bridgehead atoms. The van der Waals surface area contributed by atoms with Gasteiger partial charge >= 0.3 is 0 Å². The lowest BCUT2D eigenvalue weighted by Crippen LogP contribution is -2.36. The van der Waals surface area contributed by atoms with E-state index in [4.69, 9.17) is 28.8 Å². The topological polar surface area (TPSA) is 46.3 Å². The normalized spacial score (nSPS) is 15.2. The number of thioether (sulfide) groups is 1. The van der Waals surface area contributed by atoms with E-state index in [0.29, 0.717) is 11.8 Å². The maximum atomic E-state index is 6.63. The molecule has 0 unspecified atom stereocenters. The highest BCUT2D eigenvalue weighted by Crippen LogP contribution is 2.40. The van der Waals surface area contributed by atoms with Crippen LogP contribution < -0.4 is 0 Å². The van der Waals surface area contributed by atoms with Crippen molar-refractivity contribution in [2.45, 2.75) is 45.5 Å². The lowest BCUT2D eigenvalue weighted by molar-refractivity contribution is 0.404. The van der Waals surface area contributed by atoms with E-state index < -0.39 is 0 Å². The molecule has 0 aliphatic carbocycles. The zero-order valence-electron chi connectivity index (χ0n) is 18.3. The molecule has 3 aromatic rings. The first-order valence-corrected chi connectivity index (χ1v) is 13.3. The highest BCUT2D eigenvalue weighted by molar-refractivity contribution is 8.01. The van der Waals surface area contributed by atoms with Crippen LogP contribution in [0.15, 0.2) is 29.3 Å². The molecule has 0 saturated heterocycles. The molecule has 0 amide bonds. The monoisotopic (exact) mass is 501 g/mol. The van der Waals surface area contributed by atoms with Crippen LogP contribution in [0.2, 0.25) is 5.02 Å². The third kappa shape index (κ3) is 3.91. The number of aryl methyl sites for hydroxylation is 1. The zero-order chi connectivity index (χ0) is 22.4. The third-order valence-electron chi connectivity index (χ3n) is 5.77. The summed E-state index contributed by atoms with van der Waals surface area (Å²) in [4.78, 5) is 9.75. The highest BCUT2D eigenvalue weighted by atomic mass is 35.5. The lowest BCUT2D eigenvalue weighted by atomic mass is 9.95. The first-order valence-electron chi connectivity index (χ1n) is 10.7. The average Bonchev–Trinajstić information content (AvgIpc) is 3.28. The molecule has 5 nitrogen and oxygen atoms in total. The van der Waals surface area contributed by atoms with Crippen LogP contribution in [0.5, 0.6) is 0 Å². The lowest BCUT2D eigenvalue weighted by Gasteiger charge is -2.30. The molecule has 4 heterocycles. The predicted octanol–water partition coefficient (Wildman–Crippen LogP) is 5.47. The largest absolute Gasteiger partial charge is 0.360 e. The minimum absolute atomic E-state index is 0.486. The van der Waals surface area contributed by atoms with Gasteiger partial charge in [0.2, 0.25) is 0 Å². The van der Waals surface area contributed by atoms with Gasteiger partial charge in [-0.1, -0.05) is 55.9 Å². The molecular formula is C23H24ClN5S3. The minimum Gasteiger partial charge on any atom is -0.360 e. The first kappa shape index (κ1) is 22.1. The molecule has 2 aromatic heterocycles. The highest BCUT2D eigenvalue weighted by Gasteiger charge is 2.32. The molecule has 2 aliphatic rings. The van der Waals surface area contributed by atoms with Crippen LogP contribution in [0.3, 0.4) is 0 Å². The Kier molecular flexibility index (Phi) is 6.13. The maximum absolute atomic E-state index is 6.63. The van der Waals surface area contributed by atoms with E-state index in [1.807, 2.05) is 48.2 Å². The second-order valence-corrected chi connectivity index (χ2v) is 11.8. The first-order chi connectivity index (χ1) is 15.4. The Balaban J connectivity index is 1.60. The molecule has 0 saturated carbocycles. The van der Waals surface area contributed by atoms with Crippen molar-refractivity contribution in [1.29, 1.82) is 0 Å². The van der Waals surface area contributed by atoms with Gasteiger partial charge in [-0.2, -0.15) is 11.8 Å². The van der Waals surface area contributed by atoms with E-state index in [9.17, 15) is 0 Å². The molecular weight excluding hydrogens is 478 g/mol. The van der Waals surface area contributed by atoms with Crippen molar-refractivity contribution in [3.05, 3.63) is 62.5 Å². The van der Waals surface area contributed by atoms with Crippen LogP contribution in [0.1, 0.15) is 47.1 Å². The summed E-state index contributed by atoms with van der Waals surface area (Å²) in [6.45, 7) is 8.69. The number of nitrogens with zero attached hydrogens (tertiary/aromatic N) is 5. The van der Waals surface area contributed by atoms with E-state index in [2.05, 4.69) is 39.6 Å². The van der Waals surface area contributed by atoms with Crippen LogP contribution in [-0.4, -0.2) is 47.9 Å². The molecule has 32 heavy (non-hydrogen) atoms. The average molecular weight is 502 g/mol. The molecule has 9 heteroatoms. The number of benzene rings is 1. The van der Waals surface area contributed by atoms with Crippen LogP contribution in [0.25, 0.3) is 5.00 Å². The summed E-state index contributed by atoms with van der Waals surface area (Å²) in [6, 6.07) is 7.97. The van der Waals surface area contributed by atoms with Gasteiger partial charge in [-0.3, -0.25) is 9.56 Å². The van der Waals surface area contributed by atoms with Crippen LogP contribution in [0, 0.1) is 6.92 Å². The Morgan fingerprint density at radius 1 is 1.28 bits per heavy atom. The summed E-state index contributed by atoms with van der Waals surface area (Å²) in [5.41, 5.74) is 4.47. The van der Waals surface area contributed by atoms with Crippen molar-refractivity contribution in [3.8, 4) is 5.00 Å². The molecule has 0 N–H and O–H groups in total. The molecule has 0 atom stereocenters. The Hall–Kier alpha value is -1.74. The number of rotatable bonds is 4. The number of aromatic nitrogens is 3. The van der Waals surface area contributed by atoms with Gasteiger partial charge in [0.1, 0.15) is 17.4 Å². The Labute approximate surface area is 206 Å². The molecule has 0 radical (unpaired) electrons. The van der Waals surface area contributed by atoms with E-state index in [1.165, 1.54) is 16.0 Å². The fraction of sp³-hybridized carbons (Fsp3) is 0.391. The Morgan fingerprint density at radius 2 is 2.09 bits per heavy atom. The van der Waals surface area contributed by atoms with Gasteiger partial charge in [-0.15, -0.1) is 21.5 Å². The van der Waals surface area contributed by atoms with E-state index >= 15 is 0 Å². The van der Waals surface area contributed by atoms with Gasteiger partial charge in [0.25, 0.3) is 0 Å². The van der Waals surface area contributed by atoms with Gasteiger partial charge in [-0.25, -0.2) is 0 Å². The summed E-state index contributed by atoms with van der Waals surface area (Å²) in [5.74, 6) is 2.65. The number of thiocarbonyl (C=S) groups is 1. The SMILES string of the molecule is Cc1nnc2n1-c1sc3c(c1C(c1ccccc1Cl)=NC2)CCN(C(=S)CSC(C)C)C3. The van der Waals surface area contributed by atoms with Crippen LogP contribution >= 0.6 is 46.9 Å². The fourth-order valence-electron chi connectivity index (χ4n) is 4.21. The van der Waals surface area contributed by atoms with Crippen molar-refractivity contribution < 1.29 is 0 Å². The summed E-state index contributed by atoms with van der Waals surface area (Å²) in [5, 5.41) is 11.2. The number of thiophene rings is 1. The van der Waals surface area contributed by atoms with Gasteiger partial charge in [0.15, 0.2) is 5.82 Å². The summed E-state index contributed by atoms with van der Waals surface area (Å²) in [6.07, 6.45) is 0.938. The van der Waals surface area contributed by atoms with Crippen molar-refractivity contribution >= 4 is 57.6 Å². The minimum atomic E-state index is 0.486. The third-order valence-corrected chi connectivity index (χ3v) is 8.99. The standard InChI is InChI=1S/C23H24ClN5S3/c1-13(2)31-12-20(30)28-9-8-16-18(11-28)32-23-21(16)22(15-6-4-5-7-17(15)24)25-10-19-27-26-14(3)29(19)23/h4-7,13H,8-12H2,1-3H3. The number of hydrogen-bond donors (Lipinski definition) is 0. The maximum Gasteiger partial charge on any atom is 0.160 e. The summed E-state index contributed by atoms with van der Waals surface area (Å²) >= 11 is 16.1. The molecule has 1 aromatic carbocycles. The molecule has 0 spiro atoms. The summed E-state index contributed by atoms with van der Waals surface area (Å²) in [7, 11) is 0. The van der Waals surface area contributed by atoms with Crippen molar-refractivity contribution in [2.75, 3.05) is 12.3 Å². The van der Waals surface area contributed by atoms with Gasteiger partial charge in [0.05, 0.1) is 17.2 Å².